The van der Waals surface area contributed by atoms with Crippen molar-refractivity contribution in [2.24, 2.45) is 17.8 Å². The first kappa shape index (κ1) is 25.3. The van der Waals surface area contributed by atoms with Gasteiger partial charge < -0.3 is 9.84 Å². The maximum atomic E-state index is 11.9. The largest absolute Gasteiger partial charge is 0.490 e. The van der Waals surface area contributed by atoms with Crippen molar-refractivity contribution in [2.75, 3.05) is 0 Å². The third kappa shape index (κ3) is 5.94. The van der Waals surface area contributed by atoms with Gasteiger partial charge in [-0.1, -0.05) is 38.8 Å². The highest BCUT2D eigenvalue weighted by molar-refractivity contribution is 7.10. The smallest absolute Gasteiger partial charge is 0.335 e. The van der Waals surface area contributed by atoms with Crippen molar-refractivity contribution in [1.82, 2.24) is 4.98 Å². The van der Waals surface area contributed by atoms with Crippen LogP contribution in [-0.2, 0) is 4.79 Å². The lowest BCUT2D eigenvalue weighted by Crippen LogP contribution is -2.22. The molecule has 0 bridgehead atoms. The van der Waals surface area contributed by atoms with E-state index in [1.807, 2.05) is 6.08 Å². The molecule has 0 spiro atoms. The summed E-state index contributed by atoms with van der Waals surface area (Å²) >= 11 is 1.73. The highest BCUT2D eigenvalue weighted by Gasteiger charge is 2.32. The number of carboxylic acids is 1. The lowest BCUT2D eigenvalue weighted by molar-refractivity contribution is -0.132. The third-order valence-corrected chi connectivity index (χ3v) is 9.40. The number of rotatable bonds is 8. The number of carbonyl (C=O) groups is 1. The summed E-state index contributed by atoms with van der Waals surface area (Å²) in [6.07, 6.45) is 15.8. The molecule has 2 fully saturated rings. The van der Waals surface area contributed by atoms with Gasteiger partial charge in [0.2, 0.25) is 0 Å². The van der Waals surface area contributed by atoms with Gasteiger partial charge in [0.25, 0.3) is 0 Å². The molecule has 0 saturated heterocycles. The summed E-state index contributed by atoms with van der Waals surface area (Å²) < 4.78 is 6.25. The maximum absolute atomic E-state index is 11.9. The predicted molar refractivity (Wildman–Crippen MR) is 146 cm³/mol. The average molecular weight is 506 g/mol. The van der Waals surface area contributed by atoms with E-state index in [4.69, 9.17) is 9.72 Å². The van der Waals surface area contributed by atoms with E-state index in [9.17, 15) is 9.90 Å². The Kier molecular flexibility index (Phi) is 7.95. The third-order valence-electron chi connectivity index (χ3n) is 8.42. The van der Waals surface area contributed by atoms with Crippen molar-refractivity contribution in [3.63, 3.8) is 0 Å². The molecule has 2 saturated carbocycles. The standard InChI is InChI=1S/C31H39NO3S/c1-20-7-12-25(13-8-20)35-26-14-10-23(11-15-26)29-19-36-30(32-29)28(22-5-3-4-6-22)18-24-17-21(2)9-16-27(24)31(33)34/h10-11,14-17,19-22,25,28H,3-9,12-13,18H2,1-2H3,(H,33,34). The van der Waals surface area contributed by atoms with Gasteiger partial charge in [0.1, 0.15) is 5.75 Å². The number of ether oxygens (including phenoxy) is 1. The molecular formula is C31H39NO3S. The molecule has 5 rings (SSSR count). The van der Waals surface area contributed by atoms with E-state index in [1.54, 1.807) is 11.3 Å². The molecular weight excluding hydrogens is 466 g/mol. The molecule has 0 radical (unpaired) electrons. The van der Waals surface area contributed by atoms with Gasteiger partial charge in [-0.15, -0.1) is 11.3 Å². The number of carboxylic acid groups (broad SMARTS) is 1. The molecule has 1 aromatic heterocycles. The summed E-state index contributed by atoms with van der Waals surface area (Å²) in [7, 11) is 0. The molecule has 5 heteroatoms. The van der Waals surface area contributed by atoms with Crippen LogP contribution >= 0.6 is 11.3 Å². The highest BCUT2D eigenvalue weighted by atomic mass is 32.1. The molecule has 2 atom stereocenters. The molecule has 1 aromatic carbocycles. The van der Waals surface area contributed by atoms with Crippen LogP contribution in [0.1, 0.15) is 89.0 Å². The van der Waals surface area contributed by atoms with Crippen LogP contribution in [0.2, 0.25) is 0 Å². The van der Waals surface area contributed by atoms with E-state index in [0.717, 1.165) is 59.2 Å². The van der Waals surface area contributed by atoms with Crippen LogP contribution in [-0.4, -0.2) is 22.2 Å². The first-order valence-electron chi connectivity index (χ1n) is 13.8. The van der Waals surface area contributed by atoms with Gasteiger partial charge in [0.15, 0.2) is 0 Å². The number of aromatic nitrogens is 1. The van der Waals surface area contributed by atoms with Crippen molar-refractivity contribution < 1.29 is 14.6 Å². The van der Waals surface area contributed by atoms with Crippen LogP contribution < -0.4 is 4.74 Å². The molecule has 2 unspecified atom stereocenters. The molecule has 1 N–H and O–H groups in total. The van der Waals surface area contributed by atoms with Crippen LogP contribution in [0.3, 0.4) is 0 Å². The van der Waals surface area contributed by atoms with Crippen molar-refractivity contribution in [1.29, 1.82) is 0 Å². The fourth-order valence-electron chi connectivity index (χ4n) is 6.23. The fourth-order valence-corrected chi connectivity index (χ4v) is 7.25. The summed E-state index contributed by atoms with van der Waals surface area (Å²) in [5.41, 5.74) is 3.62. The number of aliphatic carboxylic acids is 1. The minimum atomic E-state index is -0.803. The Morgan fingerprint density at radius 2 is 1.81 bits per heavy atom. The van der Waals surface area contributed by atoms with Gasteiger partial charge in [-0.05, 0) is 99.0 Å². The lowest BCUT2D eigenvalue weighted by Gasteiger charge is -2.26. The Bertz CT molecular complexity index is 1100. The van der Waals surface area contributed by atoms with E-state index in [1.165, 1.54) is 38.5 Å². The lowest BCUT2D eigenvalue weighted by atomic mass is 9.81. The summed E-state index contributed by atoms with van der Waals surface area (Å²) in [6.45, 7) is 4.50. The van der Waals surface area contributed by atoms with Crippen LogP contribution in [0.15, 0.2) is 52.9 Å². The predicted octanol–water partition coefficient (Wildman–Crippen LogP) is 8.41. The van der Waals surface area contributed by atoms with E-state index >= 15 is 0 Å². The van der Waals surface area contributed by atoms with E-state index in [0.29, 0.717) is 23.5 Å². The Morgan fingerprint density at radius 1 is 1.08 bits per heavy atom. The average Bonchev–Trinajstić information content (AvgIpc) is 3.57. The maximum Gasteiger partial charge on any atom is 0.335 e. The molecule has 3 aliphatic carbocycles. The Morgan fingerprint density at radius 3 is 2.50 bits per heavy atom. The number of nitrogens with zero attached hydrogens (tertiary/aromatic N) is 1. The summed E-state index contributed by atoms with van der Waals surface area (Å²) in [6, 6.07) is 8.42. The van der Waals surface area contributed by atoms with E-state index in [2.05, 4.69) is 49.6 Å². The number of hydrogen-bond donors (Lipinski definition) is 1. The first-order chi connectivity index (χ1) is 17.5. The van der Waals surface area contributed by atoms with Gasteiger partial charge in [0.05, 0.1) is 22.4 Å². The fraction of sp³-hybridized carbons (Fsp3) is 0.548. The van der Waals surface area contributed by atoms with Gasteiger partial charge in [0, 0.05) is 16.9 Å². The molecule has 0 amide bonds. The minimum Gasteiger partial charge on any atom is -0.490 e. The second-order valence-electron chi connectivity index (χ2n) is 11.3. The zero-order valence-electron chi connectivity index (χ0n) is 21.6. The van der Waals surface area contributed by atoms with Gasteiger partial charge >= 0.3 is 5.97 Å². The van der Waals surface area contributed by atoms with Crippen LogP contribution in [0.5, 0.6) is 5.75 Å². The molecule has 1 heterocycles. The molecule has 192 valence electrons. The molecule has 0 aliphatic heterocycles. The summed E-state index contributed by atoms with van der Waals surface area (Å²) in [5.74, 6) is 2.21. The van der Waals surface area contributed by atoms with E-state index in [-0.39, 0.29) is 5.92 Å². The number of thiazole rings is 1. The summed E-state index contributed by atoms with van der Waals surface area (Å²) in [4.78, 5) is 17.1. The van der Waals surface area contributed by atoms with Crippen LogP contribution in [0.4, 0.5) is 0 Å². The first-order valence-corrected chi connectivity index (χ1v) is 14.7. The van der Waals surface area contributed by atoms with Crippen LogP contribution in [0, 0.1) is 17.8 Å². The molecule has 4 nitrogen and oxygen atoms in total. The van der Waals surface area contributed by atoms with Gasteiger partial charge in [-0.25, -0.2) is 9.78 Å². The van der Waals surface area contributed by atoms with Gasteiger partial charge in [-0.2, -0.15) is 0 Å². The molecule has 36 heavy (non-hydrogen) atoms. The Labute approximate surface area is 219 Å². The zero-order valence-corrected chi connectivity index (χ0v) is 22.4. The molecule has 3 aliphatic rings. The van der Waals surface area contributed by atoms with Crippen molar-refractivity contribution in [3.8, 4) is 17.0 Å². The minimum absolute atomic E-state index is 0.279. The van der Waals surface area contributed by atoms with Crippen molar-refractivity contribution in [2.45, 2.75) is 90.1 Å². The summed E-state index contributed by atoms with van der Waals surface area (Å²) in [5, 5.41) is 13.1. The monoisotopic (exact) mass is 505 g/mol. The number of allylic oxidation sites excluding steroid dienone is 2. The number of benzene rings is 1. The second kappa shape index (κ2) is 11.3. The zero-order chi connectivity index (χ0) is 25.1. The van der Waals surface area contributed by atoms with Crippen molar-refractivity contribution in [3.05, 3.63) is 58.0 Å². The Balaban J connectivity index is 1.32. The normalized spacial score (nSPS) is 25.8. The SMILES string of the molecule is CC1C=C(CC(c2nc(-c3ccc(OC4CCC(C)CC4)cc3)cs2)C2CCCC2)C(C(=O)O)=CC1. The Hall–Kier alpha value is -2.40. The molecule has 2 aromatic rings. The van der Waals surface area contributed by atoms with Crippen molar-refractivity contribution >= 4 is 17.3 Å². The highest BCUT2D eigenvalue weighted by Crippen LogP contribution is 2.44. The number of hydrogen-bond acceptors (Lipinski definition) is 4. The van der Waals surface area contributed by atoms with Gasteiger partial charge in [-0.3, -0.25) is 0 Å². The quantitative estimate of drug-likeness (QED) is 0.391. The van der Waals surface area contributed by atoms with Crippen LogP contribution in [0.25, 0.3) is 11.3 Å². The second-order valence-corrected chi connectivity index (χ2v) is 12.2. The van der Waals surface area contributed by atoms with E-state index < -0.39 is 5.97 Å². The topological polar surface area (TPSA) is 59.4 Å².